The van der Waals surface area contributed by atoms with Crippen molar-refractivity contribution in [2.45, 2.75) is 18.2 Å². The standard InChI is InChI=1S/C24H20N4O4S2/c1-14-6-5-7-15(2)22(14)27-21(29)13-33-24-26-18-11-10-16(12-20(18)34-24)25-23(30)17-8-3-4-9-19(17)28(31)32/h3-12H,13H2,1-2H3,(H,25,30)(H,27,29). The Morgan fingerprint density at radius 2 is 1.76 bits per heavy atom. The fourth-order valence-corrected chi connectivity index (χ4v) is 5.29. The van der Waals surface area contributed by atoms with Gasteiger partial charge in [0, 0.05) is 17.4 Å². The molecule has 10 heteroatoms. The second-order valence-electron chi connectivity index (χ2n) is 7.49. The average molecular weight is 493 g/mol. The van der Waals surface area contributed by atoms with E-state index < -0.39 is 10.8 Å². The largest absolute Gasteiger partial charge is 0.325 e. The Bertz CT molecular complexity index is 1400. The number of para-hydroxylation sites is 2. The number of hydrogen-bond donors (Lipinski definition) is 2. The highest BCUT2D eigenvalue weighted by molar-refractivity contribution is 8.01. The predicted molar refractivity (Wildman–Crippen MR) is 136 cm³/mol. The molecule has 0 saturated carbocycles. The third-order valence-electron chi connectivity index (χ3n) is 5.04. The minimum atomic E-state index is -0.582. The van der Waals surface area contributed by atoms with E-state index in [1.165, 1.54) is 41.3 Å². The normalized spacial score (nSPS) is 10.8. The number of carbonyl (C=O) groups excluding carboxylic acids is 2. The molecule has 0 unspecified atom stereocenters. The van der Waals surface area contributed by atoms with Gasteiger partial charge in [-0.05, 0) is 49.2 Å². The van der Waals surface area contributed by atoms with Gasteiger partial charge < -0.3 is 10.6 Å². The van der Waals surface area contributed by atoms with Crippen molar-refractivity contribution < 1.29 is 14.5 Å². The number of nitrogens with one attached hydrogen (secondary N) is 2. The van der Waals surface area contributed by atoms with Gasteiger partial charge in [-0.25, -0.2) is 4.98 Å². The van der Waals surface area contributed by atoms with E-state index in [9.17, 15) is 19.7 Å². The fourth-order valence-electron chi connectivity index (χ4n) is 3.38. The molecule has 0 aliphatic rings. The number of hydrogen-bond acceptors (Lipinski definition) is 7. The lowest BCUT2D eigenvalue weighted by Gasteiger charge is -2.10. The zero-order valence-electron chi connectivity index (χ0n) is 18.3. The van der Waals surface area contributed by atoms with E-state index in [4.69, 9.17) is 0 Å². The Hall–Kier alpha value is -3.76. The van der Waals surface area contributed by atoms with E-state index in [1.54, 1.807) is 24.3 Å². The zero-order valence-corrected chi connectivity index (χ0v) is 20.0. The lowest BCUT2D eigenvalue weighted by atomic mass is 10.1. The first-order valence-corrected chi connectivity index (χ1v) is 12.1. The van der Waals surface area contributed by atoms with E-state index in [-0.39, 0.29) is 22.9 Å². The van der Waals surface area contributed by atoms with E-state index in [0.717, 1.165) is 31.4 Å². The summed E-state index contributed by atoms with van der Waals surface area (Å²) in [6, 6.07) is 16.9. The van der Waals surface area contributed by atoms with E-state index in [2.05, 4.69) is 15.6 Å². The molecule has 4 rings (SSSR count). The number of nitro benzene ring substituents is 1. The second kappa shape index (κ2) is 10.0. The number of thioether (sulfide) groups is 1. The summed E-state index contributed by atoms with van der Waals surface area (Å²) in [6.45, 7) is 3.91. The van der Waals surface area contributed by atoms with Gasteiger partial charge in [-0.15, -0.1) is 11.3 Å². The van der Waals surface area contributed by atoms with Crippen LogP contribution in [0.5, 0.6) is 0 Å². The molecule has 0 spiro atoms. The summed E-state index contributed by atoms with van der Waals surface area (Å²) in [5.74, 6) is -0.456. The molecule has 0 bridgehead atoms. The molecule has 172 valence electrons. The number of carbonyl (C=O) groups is 2. The molecule has 1 heterocycles. The van der Waals surface area contributed by atoms with Crippen LogP contribution in [0.4, 0.5) is 17.1 Å². The van der Waals surface area contributed by atoms with Crippen LogP contribution in [0.25, 0.3) is 10.2 Å². The number of thiazole rings is 1. The Morgan fingerprint density at radius 3 is 2.50 bits per heavy atom. The van der Waals surface area contributed by atoms with Gasteiger partial charge in [0.15, 0.2) is 4.34 Å². The van der Waals surface area contributed by atoms with Crippen molar-refractivity contribution in [3.8, 4) is 0 Å². The van der Waals surface area contributed by atoms with Gasteiger partial charge in [0.1, 0.15) is 5.56 Å². The number of aromatic nitrogens is 1. The van der Waals surface area contributed by atoms with Crippen LogP contribution >= 0.6 is 23.1 Å². The van der Waals surface area contributed by atoms with Gasteiger partial charge in [-0.3, -0.25) is 19.7 Å². The van der Waals surface area contributed by atoms with Crippen LogP contribution in [0.3, 0.4) is 0 Å². The molecule has 0 aliphatic carbocycles. The molecule has 34 heavy (non-hydrogen) atoms. The van der Waals surface area contributed by atoms with Gasteiger partial charge in [-0.2, -0.15) is 0 Å². The lowest BCUT2D eigenvalue weighted by Crippen LogP contribution is -2.15. The quantitative estimate of drug-likeness (QED) is 0.191. The monoisotopic (exact) mass is 492 g/mol. The summed E-state index contributed by atoms with van der Waals surface area (Å²) in [5, 5.41) is 16.9. The first kappa shape index (κ1) is 23.4. The van der Waals surface area contributed by atoms with Crippen LogP contribution in [0, 0.1) is 24.0 Å². The summed E-state index contributed by atoms with van der Waals surface area (Å²) in [7, 11) is 0. The maximum Gasteiger partial charge on any atom is 0.282 e. The number of fused-ring (bicyclic) bond motifs is 1. The highest BCUT2D eigenvalue weighted by Gasteiger charge is 2.19. The third-order valence-corrected chi connectivity index (χ3v) is 7.21. The van der Waals surface area contributed by atoms with Crippen molar-refractivity contribution in [3.05, 3.63) is 87.5 Å². The number of nitrogens with zero attached hydrogens (tertiary/aromatic N) is 2. The Balaban J connectivity index is 1.43. The third kappa shape index (κ3) is 5.24. The number of nitro groups is 1. The van der Waals surface area contributed by atoms with Crippen LogP contribution in [0.1, 0.15) is 21.5 Å². The maximum atomic E-state index is 12.6. The van der Waals surface area contributed by atoms with Crippen LogP contribution in [-0.2, 0) is 4.79 Å². The average Bonchev–Trinajstić information content (AvgIpc) is 3.22. The van der Waals surface area contributed by atoms with Gasteiger partial charge in [0.05, 0.1) is 20.9 Å². The molecule has 2 amide bonds. The lowest BCUT2D eigenvalue weighted by molar-refractivity contribution is -0.385. The number of rotatable bonds is 7. The maximum absolute atomic E-state index is 12.6. The summed E-state index contributed by atoms with van der Waals surface area (Å²) in [4.78, 5) is 40.2. The van der Waals surface area contributed by atoms with Crippen LogP contribution in [0.15, 0.2) is 65.0 Å². The number of anilines is 2. The van der Waals surface area contributed by atoms with E-state index >= 15 is 0 Å². The van der Waals surface area contributed by atoms with Crippen LogP contribution in [0.2, 0.25) is 0 Å². The highest BCUT2D eigenvalue weighted by atomic mass is 32.2. The fraction of sp³-hybridized carbons (Fsp3) is 0.125. The molecule has 2 N–H and O–H groups in total. The van der Waals surface area contributed by atoms with E-state index in [1.807, 2.05) is 32.0 Å². The topological polar surface area (TPSA) is 114 Å². The van der Waals surface area contributed by atoms with Crippen LogP contribution in [-0.4, -0.2) is 27.5 Å². The zero-order chi connectivity index (χ0) is 24.2. The predicted octanol–water partition coefficient (Wildman–Crippen LogP) is 5.80. The summed E-state index contributed by atoms with van der Waals surface area (Å²) in [6.07, 6.45) is 0. The Labute approximate surface area is 203 Å². The van der Waals surface area contributed by atoms with Gasteiger partial charge >= 0.3 is 0 Å². The highest BCUT2D eigenvalue weighted by Crippen LogP contribution is 2.32. The first-order valence-electron chi connectivity index (χ1n) is 10.3. The first-order chi connectivity index (χ1) is 16.3. The minimum Gasteiger partial charge on any atom is -0.325 e. The molecule has 4 aromatic rings. The molecule has 3 aromatic carbocycles. The summed E-state index contributed by atoms with van der Waals surface area (Å²) in [5.41, 5.74) is 3.83. The van der Waals surface area contributed by atoms with Crippen molar-refractivity contribution in [1.82, 2.24) is 4.98 Å². The summed E-state index contributed by atoms with van der Waals surface area (Å²) >= 11 is 2.75. The van der Waals surface area contributed by atoms with Gasteiger partial charge in [0.25, 0.3) is 11.6 Å². The number of aryl methyl sites for hydroxylation is 2. The van der Waals surface area contributed by atoms with Crippen molar-refractivity contribution in [2.24, 2.45) is 0 Å². The van der Waals surface area contributed by atoms with Crippen molar-refractivity contribution >= 4 is 62.2 Å². The molecular weight excluding hydrogens is 472 g/mol. The van der Waals surface area contributed by atoms with Crippen molar-refractivity contribution in [2.75, 3.05) is 16.4 Å². The molecule has 8 nitrogen and oxygen atoms in total. The molecule has 0 saturated heterocycles. The minimum absolute atomic E-state index is 0.0111. The number of amides is 2. The Kier molecular flexibility index (Phi) is 6.90. The van der Waals surface area contributed by atoms with Crippen molar-refractivity contribution in [1.29, 1.82) is 0 Å². The van der Waals surface area contributed by atoms with Gasteiger partial charge in [0.2, 0.25) is 5.91 Å². The Morgan fingerprint density at radius 1 is 1.03 bits per heavy atom. The molecule has 0 radical (unpaired) electrons. The van der Waals surface area contributed by atoms with Gasteiger partial charge in [-0.1, -0.05) is 42.1 Å². The number of benzene rings is 3. The van der Waals surface area contributed by atoms with Crippen LogP contribution < -0.4 is 10.6 Å². The molecule has 0 atom stereocenters. The molecular formula is C24H20N4O4S2. The molecule has 0 aliphatic heterocycles. The van der Waals surface area contributed by atoms with Crippen molar-refractivity contribution in [3.63, 3.8) is 0 Å². The SMILES string of the molecule is Cc1cccc(C)c1NC(=O)CSc1nc2ccc(NC(=O)c3ccccc3[N+](=O)[O-])cc2s1. The molecule has 0 fully saturated rings. The summed E-state index contributed by atoms with van der Waals surface area (Å²) < 4.78 is 1.56. The molecule has 1 aromatic heterocycles. The van der Waals surface area contributed by atoms with E-state index in [0.29, 0.717) is 5.69 Å². The smallest absolute Gasteiger partial charge is 0.282 e. The second-order valence-corrected chi connectivity index (χ2v) is 9.75.